The molecule has 0 bridgehead atoms. The average molecular weight is 220 g/mol. The predicted octanol–water partition coefficient (Wildman–Crippen LogP) is 4.40. The zero-order valence-corrected chi connectivity index (χ0v) is 11.0. The third-order valence-corrected chi connectivity index (χ3v) is 3.38. The Hall–Kier alpha value is -0.980. The van der Waals surface area contributed by atoms with E-state index in [9.17, 15) is 5.11 Å². The van der Waals surface area contributed by atoms with Gasteiger partial charge in [-0.3, -0.25) is 0 Å². The van der Waals surface area contributed by atoms with Crippen LogP contribution in [0.1, 0.15) is 46.1 Å². The highest BCUT2D eigenvalue weighted by Gasteiger charge is 2.18. The molecule has 0 saturated heterocycles. The summed E-state index contributed by atoms with van der Waals surface area (Å²) in [7, 11) is 0. The highest BCUT2D eigenvalue weighted by Crippen LogP contribution is 2.30. The maximum Gasteiger partial charge on any atom is 0.115 e. The van der Waals surface area contributed by atoms with E-state index in [1.54, 1.807) is 12.1 Å². The molecule has 0 aromatic heterocycles. The Balaban J connectivity index is 2.51. The van der Waals surface area contributed by atoms with Gasteiger partial charge in [0.2, 0.25) is 0 Å². The quantitative estimate of drug-likeness (QED) is 0.780. The van der Waals surface area contributed by atoms with Gasteiger partial charge >= 0.3 is 0 Å². The van der Waals surface area contributed by atoms with Gasteiger partial charge in [0.15, 0.2) is 0 Å². The van der Waals surface area contributed by atoms with Gasteiger partial charge < -0.3 is 5.11 Å². The standard InChI is InChI=1S/C15H24O/c1-5-15(3,4)11-12(2)10-13-6-8-14(16)9-7-13/h6-9,12,16H,5,10-11H2,1-4H3. The van der Waals surface area contributed by atoms with Gasteiger partial charge in [-0.15, -0.1) is 0 Å². The third-order valence-electron chi connectivity index (χ3n) is 3.38. The molecule has 0 amide bonds. The van der Waals surface area contributed by atoms with Gasteiger partial charge in [-0.1, -0.05) is 46.2 Å². The summed E-state index contributed by atoms with van der Waals surface area (Å²) in [6.45, 7) is 9.23. The Morgan fingerprint density at radius 2 is 1.75 bits per heavy atom. The first-order valence-corrected chi connectivity index (χ1v) is 6.21. The van der Waals surface area contributed by atoms with Crippen molar-refractivity contribution >= 4 is 0 Å². The van der Waals surface area contributed by atoms with Crippen LogP contribution in [0.3, 0.4) is 0 Å². The molecule has 1 N–H and O–H groups in total. The molecule has 1 nitrogen and oxygen atoms in total. The maximum atomic E-state index is 9.22. The Morgan fingerprint density at radius 3 is 2.25 bits per heavy atom. The minimum atomic E-state index is 0.352. The van der Waals surface area contributed by atoms with Crippen molar-refractivity contribution in [2.45, 2.75) is 47.0 Å². The highest BCUT2D eigenvalue weighted by atomic mass is 16.3. The van der Waals surface area contributed by atoms with Crippen molar-refractivity contribution in [2.24, 2.45) is 11.3 Å². The van der Waals surface area contributed by atoms with E-state index in [4.69, 9.17) is 0 Å². The molecule has 16 heavy (non-hydrogen) atoms. The molecule has 1 rings (SSSR count). The van der Waals surface area contributed by atoms with E-state index < -0.39 is 0 Å². The van der Waals surface area contributed by atoms with Crippen molar-refractivity contribution in [3.05, 3.63) is 29.8 Å². The summed E-state index contributed by atoms with van der Waals surface area (Å²) in [4.78, 5) is 0. The zero-order valence-electron chi connectivity index (χ0n) is 11.0. The first-order valence-electron chi connectivity index (χ1n) is 6.21. The van der Waals surface area contributed by atoms with E-state index in [0.29, 0.717) is 17.1 Å². The van der Waals surface area contributed by atoms with Crippen molar-refractivity contribution in [1.29, 1.82) is 0 Å². The second kappa shape index (κ2) is 5.38. The molecule has 0 radical (unpaired) electrons. The number of phenolic OH excluding ortho intramolecular Hbond substituents is 1. The highest BCUT2D eigenvalue weighted by molar-refractivity contribution is 5.26. The summed E-state index contributed by atoms with van der Waals surface area (Å²) in [5.74, 6) is 1.05. The van der Waals surface area contributed by atoms with E-state index in [1.165, 1.54) is 18.4 Å². The van der Waals surface area contributed by atoms with E-state index in [0.717, 1.165) is 6.42 Å². The lowest BCUT2D eigenvalue weighted by Gasteiger charge is -2.26. The molecule has 0 heterocycles. The molecule has 0 saturated carbocycles. The molecular weight excluding hydrogens is 196 g/mol. The van der Waals surface area contributed by atoms with Crippen LogP contribution in [-0.4, -0.2) is 5.11 Å². The van der Waals surface area contributed by atoms with Crippen molar-refractivity contribution in [3.63, 3.8) is 0 Å². The summed E-state index contributed by atoms with van der Waals surface area (Å²) in [6.07, 6.45) is 3.58. The Kier molecular flexibility index (Phi) is 4.40. The Labute approximate surface area is 99.5 Å². The second-order valence-electron chi connectivity index (χ2n) is 5.70. The van der Waals surface area contributed by atoms with Gasteiger partial charge in [-0.25, -0.2) is 0 Å². The number of rotatable bonds is 5. The summed E-state index contributed by atoms with van der Waals surface area (Å²) in [6, 6.07) is 7.58. The Bertz CT molecular complexity index is 311. The first kappa shape index (κ1) is 13.1. The van der Waals surface area contributed by atoms with Crippen LogP contribution in [0, 0.1) is 11.3 Å². The Morgan fingerprint density at radius 1 is 1.19 bits per heavy atom. The molecular formula is C15H24O. The van der Waals surface area contributed by atoms with Crippen molar-refractivity contribution in [3.8, 4) is 5.75 Å². The number of phenols is 1. The van der Waals surface area contributed by atoms with Crippen LogP contribution in [0.2, 0.25) is 0 Å². The van der Waals surface area contributed by atoms with Crippen LogP contribution >= 0.6 is 0 Å². The van der Waals surface area contributed by atoms with E-state index in [-0.39, 0.29) is 0 Å². The minimum Gasteiger partial charge on any atom is -0.508 e. The van der Waals surface area contributed by atoms with Gasteiger partial charge in [-0.05, 0) is 41.9 Å². The van der Waals surface area contributed by atoms with Crippen molar-refractivity contribution in [2.75, 3.05) is 0 Å². The van der Waals surface area contributed by atoms with Crippen molar-refractivity contribution < 1.29 is 5.11 Å². The minimum absolute atomic E-state index is 0.352. The summed E-state index contributed by atoms with van der Waals surface area (Å²) >= 11 is 0. The lowest BCUT2D eigenvalue weighted by molar-refractivity contribution is 0.266. The fourth-order valence-corrected chi connectivity index (χ4v) is 2.19. The van der Waals surface area contributed by atoms with Crippen LogP contribution in [0.25, 0.3) is 0 Å². The predicted molar refractivity (Wildman–Crippen MR) is 69.7 cm³/mol. The fourth-order valence-electron chi connectivity index (χ4n) is 2.19. The monoisotopic (exact) mass is 220 g/mol. The molecule has 1 aromatic rings. The van der Waals surface area contributed by atoms with Gasteiger partial charge in [-0.2, -0.15) is 0 Å². The smallest absolute Gasteiger partial charge is 0.115 e. The van der Waals surface area contributed by atoms with Crippen LogP contribution in [0.5, 0.6) is 5.75 Å². The van der Waals surface area contributed by atoms with E-state index in [2.05, 4.69) is 27.7 Å². The van der Waals surface area contributed by atoms with Gasteiger partial charge in [0.25, 0.3) is 0 Å². The summed E-state index contributed by atoms with van der Waals surface area (Å²) in [5.41, 5.74) is 1.76. The molecule has 0 aliphatic rings. The van der Waals surface area contributed by atoms with Crippen LogP contribution in [0.4, 0.5) is 0 Å². The maximum absolute atomic E-state index is 9.22. The average Bonchev–Trinajstić information content (AvgIpc) is 2.21. The molecule has 1 aromatic carbocycles. The molecule has 1 atom stereocenters. The van der Waals surface area contributed by atoms with Crippen LogP contribution in [-0.2, 0) is 6.42 Å². The number of hydrogen-bond donors (Lipinski definition) is 1. The van der Waals surface area contributed by atoms with Crippen LogP contribution in [0.15, 0.2) is 24.3 Å². The van der Waals surface area contributed by atoms with Gasteiger partial charge in [0.1, 0.15) is 5.75 Å². The lowest BCUT2D eigenvalue weighted by Crippen LogP contribution is -2.15. The third kappa shape index (κ3) is 4.26. The largest absolute Gasteiger partial charge is 0.508 e. The van der Waals surface area contributed by atoms with E-state index >= 15 is 0 Å². The molecule has 0 spiro atoms. The first-order chi connectivity index (χ1) is 7.43. The topological polar surface area (TPSA) is 20.2 Å². The number of benzene rings is 1. The molecule has 0 aliphatic carbocycles. The number of aromatic hydroxyl groups is 1. The van der Waals surface area contributed by atoms with Gasteiger partial charge in [0, 0.05) is 0 Å². The summed E-state index contributed by atoms with van der Waals surface area (Å²) < 4.78 is 0. The fraction of sp³-hybridized carbons (Fsp3) is 0.600. The normalized spacial score (nSPS) is 13.8. The van der Waals surface area contributed by atoms with Crippen molar-refractivity contribution in [1.82, 2.24) is 0 Å². The molecule has 0 aliphatic heterocycles. The lowest BCUT2D eigenvalue weighted by atomic mass is 9.79. The molecule has 1 heteroatoms. The summed E-state index contributed by atoms with van der Waals surface area (Å²) in [5, 5.41) is 9.22. The SMILES string of the molecule is CCC(C)(C)CC(C)Cc1ccc(O)cc1. The second-order valence-corrected chi connectivity index (χ2v) is 5.70. The van der Waals surface area contributed by atoms with E-state index in [1.807, 2.05) is 12.1 Å². The molecule has 90 valence electrons. The number of hydrogen-bond acceptors (Lipinski definition) is 1. The van der Waals surface area contributed by atoms with Crippen LogP contribution < -0.4 is 0 Å². The zero-order chi connectivity index (χ0) is 12.2. The molecule has 1 unspecified atom stereocenters. The van der Waals surface area contributed by atoms with Gasteiger partial charge in [0.05, 0.1) is 0 Å². The molecule has 0 fully saturated rings.